The normalized spacial score (nSPS) is 16.6. The molecule has 0 saturated heterocycles. The lowest BCUT2D eigenvalue weighted by molar-refractivity contribution is -0.125. The van der Waals surface area contributed by atoms with E-state index in [4.69, 9.17) is 14.5 Å². The van der Waals surface area contributed by atoms with Crippen LogP contribution in [0.3, 0.4) is 0 Å². The van der Waals surface area contributed by atoms with Gasteiger partial charge in [-0.3, -0.25) is 14.6 Å². The van der Waals surface area contributed by atoms with Crippen LogP contribution < -0.4 is 14.8 Å². The van der Waals surface area contributed by atoms with Gasteiger partial charge >= 0.3 is 0 Å². The minimum absolute atomic E-state index is 0.0730. The zero-order valence-electron chi connectivity index (χ0n) is 19.7. The maximum atomic E-state index is 13.1. The van der Waals surface area contributed by atoms with E-state index in [2.05, 4.69) is 10.3 Å². The van der Waals surface area contributed by atoms with Gasteiger partial charge in [0.15, 0.2) is 16.7 Å². The number of para-hydroxylation sites is 1. The fourth-order valence-electron chi connectivity index (χ4n) is 3.86. The van der Waals surface area contributed by atoms with Crippen molar-refractivity contribution >= 4 is 40.3 Å². The number of rotatable bonds is 8. The van der Waals surface area contributed by atoms with Crippen LogP contribution in [0.5, 0.6) is 11.5 Å². The number of methoxy groups -OCH3 is 2. The van der Waals surface area contributed by atoms with Crippen molar-refractivity contribution in [2.24, 2.45) is 15.9 Å². The molecule has 178 valence electrons. The van der Waals surface area contributed by atoms with E-state index < -0.39 is 6.04 Å². The summed E-state index contributed by atoms with van der Waals surface area (Å²) >= 11 is 1.25. The van der Waals surface area contributed by atoms with E-state index in [9.17, 15) is 9.59 Å². The van der Waals surface area contributed by atoms with Gasteiger partial charge in [-0.05, 0) is 42.2 Å². The van der Waals surface area contributed by atoms with Crippen molar-refractivity contribution < 1.29 is 19.1 Å². The number of nitrogens with one attached hydrogen (secondary N) is 1. The van der Waals surface area contributed by atoms with E-state index in [0.717, 1.165) is 16.8 Å². The summed E-state index contributed by atoms with van der Waals surface area (Å²) in [5.74, 6) is 1.94. The van der Waals surface area contributed by atoms with E-state index in [0.29, 0.717) is 35.5 Å². The molecule has 0 radical (unpaired) electrons. The predicted molar refractivity (Wildman–Crippen MR) is 134 cm³/mol. The summed E-state index contributed by atoms with van der Waals surface area (Å²) in [6, 6.07) is 12.9. The average molecular weight is 481 g/mol. The summed E-state index contributed by atoms with van der Waals surface area (Å²) in [7, 11) is 3.19. The highest BCUT2D eigenvalue weighted by atomic mass is 32.2. The zero-order chi connectivity index (χ0) is 24.2. The Hall–Kier alpha value is -3.33. The number of hydrogen-bond donors (Lipinski definition) is 1. The number of carbonyl (C=O) groups is 2. The summed E-state index contributed by atoms with van der Waals surface area (Å²) in [5, 5.41) is 3.42. The third kappa shape index (κ3) is 4.79. The Morgan fingerprint density at radius 1 is 1.15 bits per heavy atom. The van der Waals surface area contributed by atoms with Crippen LogP contribution in [0.2, 0.25) is 0 Å². The molecule has 0 fully saturated rings. The molecule has 4 rings (SSSR count). The molecular formula is C25H28N4O4S. The van der Waals surface area contributed by atoms with Crippen LogP contribution in [0, 0.1) is 5.92 Å². The van der Waals surface area contributed by atoms with Crippen molar-refractivity contribution in [1.29, 1.82) is 0 Å². The van der Waals surface area contributed by atoms with Crippen LogP contribution in [-0.2, 0) is 16.0 Å². The van der Waals surface area contributed by atoms with Crippen LogP contribution in [0.1, 0.15) is 25.0 Å². The Bertz CT molecular complexity index is 1160. The quantitative estimate of drug-likeness (QED) is 0.625. The standard InChI is InChI=1S/C25H28N4O4S/c1-15(2)22-24(31)29-23(28-22)17-7-5-6-8-18(17)27-25(29)34-14-21(30)26-12-11-16-9-10-19(32-3)20(13-16)33-4/h5-10,13,15,22H,11-12,14H2,1-4H3,(H,26,30). The Morgan fingerprint density at radius 2 is 1.91 bits per heavy atom. The lowest BCUT2D eigenvalue weighted by Crippen LogP contribution is -2.42. The molecule has 0 aromatic heterocycles. The van der Waals surface area contributed by atoms with E-state index in [-0.39, 0.29) is 23.5 Å². The third-order valence-corrected chi connectivity index (χ3v) is 6.59. The second-order valence-electron chi connectivity index (χ2n) is 8.30. The number of thioether (sulfide) groups is 1. The van der Waals surface area contributed by atoms with E-state index in [1.165, 1.54) is 11.8 Å². The first kappa shape index (κ1) is 23.8. The summed E-state index contributed by atoms with van der Waals surface area (Å²) in [6.07, 6.45) is 0.655. The van der Waals surface area contributed by atoms with Gasteiger partial charge in [0, 0.05) is 12.1 Å². The number of hydrogen-bond acceptors (Lipinski definition) is 7. The number of amidine groups is 2. The number of aliphatic imine (C=N–C) groups is 2. The van der Waals surface area contributed by atoms with Gasteiger partial charge in [0.1, 0.15) is 11.9 Å². The van der Waals surface area contributed by atoms with Crippen molar-refractivity contribution in [2.45, 2.75) is 26.3 Å². The highest BCUT2D eigenvalue weighted by molar-refractivity contribution is 8.14. The number of amides is 2. The first-order chi connectivity index (χ1) is 16.4. The molecule has 9 heteroatoms. The molecule has 2 aliphatic rings. The maximum absolute atomic E-state index is 13.1. The monoisotopic (exact) mass is 480 g/mol. The van der Waals surface area contributed by atoms with Gasteiger partial charge in [-0.2, -0.15) is 0 Å². The molecule has 8 nitrogen and oxygen atoms in total. The fraction of sp³-hybridized carbons (Fsp3) is 0.360. The molecule has 34 heavy (non-hydrogen) atoms. The second kappa shape index (κ2) is 10.3. The predicted octanol–water partition coefficient (Wildman–Crippen LogP) is 3.41. The van der Waals surface area contributed by atoms with Crippen LogP contribution >= 0.6 is 11.8 Å². The molecule has 1 atom stereocenters. The van der Waals surface area contributed by atoms with E-state index >= 15 is 0 Å². The largest absolute Gasteiger partial charge is 0.493 e. The van der Waals surface area contributed by atoms with Gasteiger partial charge in [-0.1, -0.05) is 43.8 Å². The van der Waals surface area contributed by atoms with Gasteiger partial charge in [0.2, 0.25) is 5.91 Å². The molecule has 1 unspecified atom stereocenters. The van der Waals surface area contributed by atoms with Crippen molar-refractivity contribution in [1.82, 2.24) is 10.2 Å². The molecule has 2 aromatic rings. The SMILES string of the molecule is COc1ccc(CCNC(=O)CSC2=Nc3ccccc3C3=NC(C(C)C)C(=O)N23)cc1OC. The molecule has 2 heterocycles. The average Bonchev–Trinajstić information content (AvgIpc) is 3.20. The summed E-state index contributed by atoms with van der Waals surface area (Å²) < 4.78 is 10.6. The number of fused-ring (bicyclic) bond motifs is 3. The molecule has 0 aliphatic carbocycles. The van der Waals surface area contributed by atoms with Crippen molar-refractivity contribution in [3.05, 3.63) is 53.6 Å². The minimum atomic E-state index is -0.442. The zero-order valence-corrected chi connectivity index (χ0v) is 20.5. The molecule has 2 aromatic carbocycles. The van der Waals surface area contributed by atoms with Crippen LogP contribution in [0.15, 0.2) is 52.4 Å². The lowest BCUT2D eigenvalue weighted by atomic mass is 10.1. The first-order valence-corrected chi connectivity index (χ1v) is 12.1. The summed E-state index contributed by atoms with van der Waals surface area (Å²) in [6.45, 7) is 4.44. The number of benzene rings is 2. The van der Waals surface area contributed by atoms with Gasteiger partial charge < -0.3 is 14.8 Å². The smallest absolute Gasteiger partial charge is 0.259 e. The van der Waals surface area contributed by atoms with Gasteiger partial charge in [0.25, 0.3) is 5.91 Å². The molecule has 0 bridgehead atoms. The highest BCUT2D eigenvalue weighted by Crippen LogP contribution is 2.34. The lowest BCUT2D eigenvalue weighted by Gasteiger charge is -2.25. The van der Waals surface area contributed by atoms with Crippen molar-refractivity contribution in [2.75, 3.05) is 26.5 Å². The Balaban J connectivity index is 1.38. The number of nitrogens with zero attached hydrogens (tertiary/aromatic N) is 3. The summed E-state index contributed by atoms with van der Waals surface area (Å²) in [5.41, 5.74) is 2.62. The van der Waals surface area contributed by atoms with Gasteiger partial charge in [0.05, 0.1) is 25.7 Å². The highest BCUT2D eigenvalue weighted by Gasteiger charge is 2.42. The third-order valence-electron chi connectivity index (χ3n) is 5.65. The van der Waals surface area contributed by atoms with Gasteiger partial charge in [-0.15, -0.1) is 0 Å². The van der Waals surface area contributed by atoms with Crippen molar-refractivity contribution in [3.63, 3.8) is 0 Å². The minimum Gasteiger partial charge on any atom is -0.493 e. The molecule has 1 N–H and O–H groups in total. The Morgan fingerprint density at radius 3 is 2.65 bits per heavy atom. The fourth-order valence-corrected chi connectivity index (χ4v) is 4.69. The van der Waals surface area contributed by atoms with Gasteiger partial charge in [-0.25, -0.2) is 9.89 Å². The molecule has 0 saturated carbocycles. The topological polar surface area (TPSA) is 92.6 Å². The number of ether oxygens (including phenoxy) is 2. The van der Waals surface area contributed by atoms with E-state index in [1.54, 1.807) is 19.1 Å². The van der Waals surface area contributed by atoms with Crippen molar-refractivity contribution in [3.8, 4) is 11.5 Å². The summed E-state index contributed by atoms with van der Waals surface area (Å²) in [4.78, 5) is 36.5. The molecular weight excluding hydrogens is 452 g/mol. The molecule has 2 amide bonds. The number of carbonyl (C=O) groups excluding carboxylic acids is 2. The van der Waals surface area contributed by atoms with Crippen LogP contribution in [0.25, 0.3) is 0 Å². The first-order valence-electron chi connectivity index (χ1n) is 11.1. The van der Waals surface area contributed by atoms with Crippen LogP contribution in [-0.4, -0.2) is 60.3 Å². The second-order valence-corrected chi connectivity index (χ2v) is 9.25. The Kier molecular flexibility index (Phi) is 7.21. The van der Waals surface area contributed by atoms with Crippen LogP contribution in [0.4, 0.5) is 5.69 Å². The maximum Gasteiger partial charge on any atom is 0.259 e. The molecule has 0 spiro atoms. The Labute approximate surface area is 203 Å². The molecule has 2 aliphatic heterocycles. The van der Waals surface area contributed by atoms with E-state index in [1.807, 2.05) is 56.3 Å².